The predicted molar refractivity (Wildman–Crippen MR) is 115 cm³/mol. The van der Waals surface area contributed by atoms with Crippen LogP contribution in [0.1, 0.15) is 78.1 Å². The third-order valence-electron chi connectivity index (χ3n) is 6.62. The molecule has 0 aromatic carbocycles. The normalized spacial score (nSPS) is 29.9. The molecule has 0 aliphatic heterocycles. The van der Waals surface area contributed by atoms with Crippen molar-refractivity contribution in [1.29, 1.82) is 0 Å². The lowest BCUT2D eigenvalue weighted by Crippen LogP contribution is -2.18. The Morgan fingerprint density at radius 2 is 2.07 bits per heavy atom. The van der Waals surface area contributed by atoms with Gasteiger partial charge in [0.25, 0.3) is 0 Å². The van der Waals surface area contributed by atoms with E-state index >= 15 is 0 Å². The molecule has 2 aliphatic carbocycles. The zero-order chi connectivity index (χ0) is 19.6. The smallest absolute Gasteiger partial charge is 0.0723 e. The van der Waals surface area contributed by atoms with Crippen molar-refractivity contribution in [2.24, 2.45) is 23.7 Å². The van der Waals surface area contributed by atoms with Crippen molar-refractivity contribution in [3.8, 4) is 0 Å². The second kappa shape index (κ2) is 12.0. The first kappa shape index (κ1) is 22.6. The van der Waals surface area contributed by atoms with Gasteiger partial charge in [0.15, 0.2) is 0 Å². The van der Waals surface area contributed by atoms with Gasteiger partial charge in [-0.3, -0.25) is 0 Å². The van der Waals surface area contributed by atoms with E-state index in [4.69, 9.17) is 0 Å². The number of aliphatic hydroxyl groups excluding tert-OH is 2. The largest absolute Gasteiger partial charge is 0.392 e. The van der Waals surface area contributed by atoms with Crippen LogP contribution in [0.4, 0.5) is 0 Å². The number of hydrogen-bond acceptors (Lipinski definition) is 3. The van der Waals surface area contributed by atoms with Gasteiger partial charge in [0.1, 0.15) is 0 Å². The molecule has 27 heavy (non-hydrogen) atoms. The minimum Gasteiger partial charge on any atom is -0.392 e. The minimum atomic E-state index is -0.371. The van der Waals surface area contributed by atoms with E-state index in [9.17, 15) is 10.2 Å². The van der Waals surface area contributed by atoms with Crippen LogP contribution in [0, 0.1) is 23.7 Å². The number of rotatable bonds is 13. The second-order valence-electron chi connectivity index (χ2n) is 9.09. The Morgan fingerprint density at radius 1 is 1.26 bits per heavy atom. The third-order valence-corrected chi connectivity index (χ3v) is 6.62. The fraction of sp³-hybridized carbons (Fsp3) is 0.833. The molecule has 156 valence electrons. The highest BCUT2D eigenvalue weighted by Gasteiger charge is 2.43. The van der Waals surface area contributed by atoms with Gasteiger partial charge in [-0.25, -0.2) is 0 Å². The highest BCUT2D eigenvalue weighted by Crippen LogP contribution is 2.48. The topological polar surface area (TPSA) is 52.5 Å². The molecule has 0 unspecified atom stereocenters. The molecular formula is C24H43NO2. The first-order chi connectivity index (χ1) is 13.0. The van der Waals surface area contributed by atoms with E-state index in [0.29, 0.717) is 17.8 Å². The maximum absolute atomic E-state index is 10.5. The van der Waals surface area contributed by atoms with Gasteiger partial charge in [-0.05, 0) is 69.9 Å². The Kier molecular flexibility index (Phi) is 10.1. The van der Waals surface area contributed by atoms with Crippen molar-refractivity contribution in [3.63, 3.8) is 0 Å². The quantitative estimate of drug-likeness (QED) is 0.318. The molecule has 3 N–H and O–H groups in total. The Bertz CT molecular complexity index is 473. The Morgan fingerprint density at radius 3 is 2.81 bits per heavy atom. The monoisotopic (exact) mass is 377 g/mol. The van der Waals surface area contributed by atoms with Gasteiger partial charge in [0, 0.05) is 5.92 Å². The van der Waals surface area contributed by atoms with Crippen molar-refractivity contribution in [2.75, 3.05) is 13.6 Å². The van der Waals surface area contributed by atoms with Crippen LogP contribution in [0.25, 0.3) is 0 Å². The molecule has 3 nitrogen and oxygen atoms in total. The Labute approximate surface area is 167 Å². The molecule has 0 aromatic rings. The summed E-state index contributed by atoms with van der Waals surface area (Å²) in [5.41, 5.74) is 1.61. The van der Waals surface area contributed by atoms with E-state index in [2.05, 4.69) is 31.3 Å². The molecule has 3 heteroatoms. The SMILES string of the molecule is CCCC[C@H](C)C[C@H](O)/C=C/[C@@H]1[C@H]2CC(CCCCCNC)=C[C@H]2C[C@H]1O. The lowest BCUT2D eigenvalue weighted by Gasteiger charge is -2.19. The summed E-state index contributed by atoms with van der Waals surface area (Å²) < 4.78 is 0. The van der Waals surface area contributed by atoms with E-state index in [1.165, 1.54) is 44.9 Å². The summed E-state index contributed by atoms with van der Waals surface area (Å²) in [6, 6.07) is 0. The molecule has 0 heterocycles. The zero-order valence-electron chi connectivity index (χ0n) is 17.9. The maximum Gasteiger partial charge on any atom is 0.0723 e. The van der Waals surface area contributed by atoms with Gasteiger partial charge >= 0.3 is 0 Å². The molecule has 0 bridgehead atoms. The first-order valence-corrected chi connectivity index (χ1v) is 11.4. The Hall–Kier alpha value is -0.640. The van der Waals surface area contributed by atoms with E-state index in [1.54, 1.807) is 5.57 Å². The van der Waals surface area contributed by atoms with Gasteiger partial charge in [-0.15, -0.1) is 0 Å². The van der Waals surface area contributed by atoms with E-state index in [1.807, 2.05) is 13.1 Å². The number of aliphatic hydroxyl groups is 2. The predicted octanol–water partition coefficient (Wildman–Crippen LogP) is 4.84. The molecule has 0 saturated heterocycles. The summed E-state index contributed by atoms with van der Waals surface area (Å²) in [6.45, 7) is 5.56. The fourth-order valence-corrected chi connectivity index (χ4v) is 5.04. The third kappa shape index (κ3) is 7.36. The van der Waals surface area contributed by atoms with Crippen LogP contribution in [-0.4, -0.2) is 36.0 Å². The van der Waals surface area contributed by atoms with E-state index in [0.717, 1.165) is 25.8 Å². The van der Waals surface area contributed by atoms with Gasteiger partial charge < -0.3 is 15.5 Å². The second-order valence-corrected chi connectivity index (χ2v) is 9.09. The first-order valence-electron chi connectivity index (χ1n) is 11.4. The van der Waals surface area contributed by atoms with Gasteiger partial charge in [-0.2, -0.15) is 0 Å². The van der Waals surface area contributed by atoms with Gasteiger partial charge in [0.05, 0.1) is 12.2 Å². The lowest BCUT2D eigenvalue weighted by molar-refractivity contribution is 0.139. The summed E-state index contributed by atoms with van der Waals surface area (Å²) in [7, 11) is 2.02. The molecule has 0 spiro atoms. The van der Waals surface area contributed by atoms with Crippen LogP contribution in [0.5, 0.6) is 0 Å². The number of allylic oxidation sites excluding steroid dienone is 2. The number of nitrogens with one attached hydrogen (secondary N) is 1. The van der Waals surface area contributed by atoms with Crippen molar-refractivity contribution in [1.82, 2.24) is 5.32 Å². The summed E-state index contributed by atoms with van der Waals surface area (Å²) in [4.78, 5) is 0. The zero-order valence-corrected chi connectivity index (χ0v) is 17.9. The standard InChI is InChI=1S/C24H43NO2/c1-4-5-9-18(2)14-21(26)11-12-22-23-16-19(10-7-6-8-13-25-3)15-20(23)17-24(22)27/h11-12,15,18,20-27H,4-10,13-14,16-17H2,1-3H3/b12-11+/t18-,20-,21+,22+,23-,24+/m0/s1. The van der Waals surface area contributed by atoms with Gasteiger partial charge in [-0.1, -0.05) is 63.3 Å². The van der Waals surface area contributed by atoms with Crippen molar-refractivity contribution in [3.05, 3.63) is 23.8 Å². The molecule has 2 aliphatic rings. The Balaban J connectivity index is 1.77. The highest BCUT2D eigenvalue weighted by atomic mass is 16.3. The maximum atomic E-state index is 10.5. The lowest BCUT2D eigenvalue weighted by atomic mass is 9.88. The van der Waals surface area contributed by atoms with E-state index in [-0.39, 0.29) is 18.1 Å². The number of hydrogen-bond donors (Lipinski definition) is 3. The minimum absolute atomic E-state index is 0.216. The van der Waals surface area contributed by atoms with Crippen molar-refractivity contribution >= 4 is 0 Å². The average Bonchev–Trinajstić information content (AvgIpc) is 3.14. The molecule has 1 fully saturated rings. The molecule has 1 saturated carbocycles. The molecule has 0 radical (unpaired) electrons. The van der Waals surface area contributed by atoms with Crippen molar-refractivity contribution in [2.45, 2.75) is 90.3 Å². The molecule has 6 atom stereocenters. The van der Waals surface area contributed by atoms with Crippen LogP contribution in [0.2, 0.25) is 0 Å². The summed E-state index contributed by atoms with van der Waals surface area (Å²) in [5, 5.41) is 24.1. The molecular weight excluding hydrogens is 334 g/mol. The van der Waals surface area contributed by atoms with Crippen LogP contribution in [-0.2, 0) is 0 Å². The van der Waals surface area contributed by atoms with Crippen LogP contribution in [0.3, 0.4) is 0 Å². The number of unbranched alkanes of at least 4 members (excludes halogenated alkanes) is 3. The summed E-state index contributed by atoms with van der Waals surface area (Å²) in [5.74, 6) is 1.87. The van der Waals surface area contributed by atoms with Gasteiger partial charge in [0.2, 0.25) is 0 Å². The molecule has 0 aromatic heterocycles. The van der Waals surface area contributed by atoms with Crippen molar-refractivity contribution < 1.29 is 10.2 Å². The van der Waals surface area contributed by atoms with E-state index < -0.39 is 0 Å². The summed E-state index contributed by atoms with van der Waals surface area (Å²) in [6.07, 6.45) is 17.5. The molecule has 0 amide bonds. The van der Waals surface area contributed by atoms with Crippen LogP contribution >= 0.6 is 0 Å². The van der Waals surface area contributed by atoms with Crippen LogP contribution in [0.15, 0.2) is 23.8 Å². The highest BCUT2D eigenvalue weighted by molar-refractivity contribution is 5.21. The number of fused-ring (bicyclic) bond motifs is 1. The summed E-state index contributed by atoms with van der Waals surface area (Å²) >= 11 is 0. The average molecular weight is 378 g/mol. The fourth-order valence-electron chi connectivity index (χ4n) is 5.04. The molecule has 2 rings (SSSR count). The van der Waals surface area contributed by atoms with Crippen LogP contribution < -0.4 is 5.32 Å².